The second-order valence-electron chi connectivity index (χ2n) is 5.46. The monoisotopic (exact) mass is 327 g/mol. The molecule has 1 aliphatic rings. The van der Waals surface area contributed by atoms with E-state index in [1.807, 2.05) is 7.05 Å². The van der Waals surface area contributed by atoms with Crippen molar-refractivity contribution < 1.29 is 9.18 Å². The van der Waals surface area contributed by atoms with E-state index in [1.165, 1.54) is 6.07 Å². The predicted octanol–water partition coefficient (Wildman–Crippen LogP) is 4.24. The van der Waals surface area contributed by atoms with Crippen LogP contribution in [0.15, 0.2) is 22.7 Å². The highest BCUT2D eigenvalue weighted by Crippen LogP contribution is 2.27. The van der Waals surface area contributed by atoms with Gasteiger partial charge in [0.05, 0.1) is 4.47 Å². The van der Waals surface area contributed by atoms with Gasteiger partial charge in [0, 0.05) is 18.7 Å². The van der Waals surface area contributed by atoms with E-state index in [1.54, 1.807) is 17.0 Å². The Balaban J connectivity index is 2.08. The lowest BCUT2D eigenvalue weighted by Crippen LogP contribution is -2.39. The minimum atomic E-state index is -0.392. The number of carbonyl (C=O) groups excluding carboxylic acids is 1. The second kappa shape index (κ2) is 6.04. The molecular formula is C15H19BrFNO. The van der Waals surface area contributed by atoms with Crippen LogP contribution in [-0.4, -0.2) is 23.9 Å². The molecule has 0 aromatic heterocycles. The third-order valence-electron chi connectivity index (χ3n) is 4.02. The van der Waals surface area contributed by atoms with Crippen molar-refractivity contribution in [3.8, 4) is 0 Å². The number of carbonyl (C=O) groups is 1. The van der Waals surface area contributed by atoms with E-state index in [2.05, 4.69) is 22.9 Å². The molecule has 1 fully saturated rings. The van der Waals surface area contributed by atoms with Gasteiger partial charge in [0.15, 0.2) is 0 Å². The Hall–Kier alpha value is -0.900. The number of rotatable bonds is 2. The van der Waals surface area contributed by atoms with Gasteiger partial charge in [0.2, 0.25) is 0 Å². The van der Waals surface area contributed by atoms with Crippen LogP contribution in [0.1, 0.15) is 43.0 Å². The summed E-state index contributed by atoms with van der Waals surface area (Å²) in [6, 6.07) is 4.83. The molecule has 0 spiro atoms. The average Bonchev–Trinajstić information content (AvgIpc) is 2.41. The summed E-state index contributed by atoms with van der Waals surface area (Å²) in [6.07, 6.45) is 4.42. The first kappa shape index (κ1) is 14.5. The summed E-state index contributed by atoms with van der Waals surface area (Å²) in [5.74, 6) is 0.271. The van der Waals surface area contributed by atoms with Gasteiger partial charge in [-0.1, -0.05) is 6.92 Å². The van der Waals surface area contributed by atoms with Crippen molar-refractivity contribution >= 4 is 21.8 Å². The lowest BCUT2D eigenvalue weighted by atomic mass is 9.86. The van der Waals surface area contributed by atoms with Gasteiger partial charge in [0.25, 0.3) is 5.91 Å². The third-order valence-corrected chi connectivity index (χ3v) is 4.66. The van der Waals surface area contributed by atoms with Gasteiger partial charge >= 0.3 is 0 Å². The molecule has 4 heteroatoms. The standard InChI is InChI=1S/C15H19BrFNO/c1-10-3-6-12(7-4-10)18(2)15(19)11-5-8-13(16)14(17)9-11/h5,8-10,12H,3-4,6-7H2,1-2H3. The van der Waals surface area contributed by atoms with E-state index in [0.717, 1.165) is 31.6 Å². The fraction of sp³-hybridized carbons (Fsp3) is 0.533. The Morgan fingerprint density at radius 2 is 1.95 bits per heavy atom. The van der Waals surface area contributed by atoms with Crippen LogP contribution < -0.4 is 0 Å². The van der Waals surface area contributed by atoms with Crippen molar-refractivity contribution in [1.29, 1.82) is 0 Å². The van der Waals surface area contributed by atoms with E-state index < -0.39 is 5.82 Å². The molecule has 1 amide bonds. The number of nitrogens with zero attached hydrogens (tertiary/aromatic N) is 1. The first-order chi connectivity index (χ1) is 8.99. The van der Waals surface area contributed by atoms with Gasteiger partial charge in [-0.2, -0.15) is 0 Å². The topological polar surface area (TPSA) is 20.3 Å². The lowest BCUT2D eigenvalue weighted by Gasteiger charge is -2.33. The van der Waals surface area contributed by atoms with Crippen LogP contribution in [0.2, 0.25) is 0 Å². The second-order valence-corrected chi connectivity index (χ2v) is 6.31. The zero-order valence-electron chi connectivity index (χ0n) is 11.3. The van der Waals surface area contributed by atoms with E-state index in [0.29, 0.717) is 10.0 Å². The summed E-state index contributed by atoms with van der Waals surface area (Å²) in [6.45, 7) is 2.25. The average molecular weight is 328 g/mol. The van der Waals surface area contributed by atoms with Crippen LogP contribution in [0.25, 0.3) is 0 Å². The minimum Gasteiger partial charge on any atom is -0.339 e. The highest BCUT2D eigenvalue weighted by atomic mass is 79.9. The molecule has 104 valence electrons. The van der Waals surface area contributed by atoms with Crippen LogP contribution in [0.4, 0.5) is 4.39 Å². The number of hydrogen-bond donors (Lipinski definition) is 0. The summed E-state index contributed by atoms with van der Waals surface area (Å²) in [7, 11) is 1.82. The van der Waals surface area contributed by atoms with Crippen molar-refractivity contribution in [2.24, 2.45) is 5.92 Å². The Kier molecular flexibility index (Phi) is 4.61. The Labute approximate surface area is 122 Å². The van der Waals surface area contributed by atoms with E-state index >= 15 is 0 Å². The van der Waals surface area contributed by atoms with Gasteiger partial charge in [-0.3, -0.25) is 4.79 Å². The Morgan fingerprint density at radius 1 is 1.32 bits per heavy atom. The Morgan fingerprint density at radius 3 is 2.53 bits per heavy atom. The molecule has 1 aliphatic carbocycles. The molecular weight excluding hydrogens is 309 g/mol. The lowest BCUT2D eigenvalue weighted by molar-refractivity contribution is 0.0679. The van der Waals surface area contributed by atoms with Crippen molar-refractivity contribution in [3.63, 3.8) is 0 Å². The first-order valence-electron chi connectivity index (χ1n) is 6.71. The fourth-order valence-corrected chi connectivity index (χ4v) is 2.88. The summed E-state index contributed by atoms with van der Waals surface area (Å²) < 4.78 is 13.9. The van der Waals surface area contributed by atoms with Gasteiger partial charge in [-0.05, 0) is 65.7 Å². The highest BCUT2D eigenvalue weighted by molar-refractivity contribution is 9.10. The van der Waals surface area contributed by atoms with Gasteiger partial charge in [0.1, 0.15) is 5.82 Å². The smallest absolute Gasteiger partial charge is 0.253 e. The number of benzene rings is 1. The zero-order chi connectivity index (χ0) is 14.0. The summed E-state index contributed by atoms with van der Waals surface area (Å²) in [5, 5.41) is 0. The van der Waals surface area contributed by atoms with E-state index in [9.17, 15) is 9.18 Å². The molecule has 0 N–H and O–H groups in total. The molecule has 0 bridgehead atoms. The summed E-state index contributed by atoms with van der Waals surface area (Å²) in [4.78, 5) is 14.1. The SMILES string of the molecule is CC1CCC(N(C)C(=O)c2ccc(Br)c(F)c2)CC1. The van der Waals surface area contributed by atoms with Gasteiger partial charge in [-0.15, -0.1) is 0 Å². The normalized spacial score (nSPS) is 23.2. The number of amides is 1. The maximum atomic E-state index is 13.5. The predicted molar refractivity (Wildman–Crippen MR) is 77.6 cm³/mol. The Bertz CT molecular complexity index is 469. The molecule has 2 nitrogen and oxygen atoms in total. The molecule has 1 saturated carbocycles. The fourth-order valence-electron chi connectivity index (χ4n) is 2.63. The van der Waals surface area contributed by atoms with E-state index in [4.69, 9.17) is 0 Å². The van der Waals surface area contributed by atoms with Crippen molar-refractivity contribution in [2.45, 2.75) is 38.6 Å². The maximum absolute atomic E-state index is 13.5. The molecule has 0 radical (unpaired) electrons. The molecule has 0 saturated heterocycles. The molecule has 0 heterocycles. The van der Waals surface area contributed by atoms with Gasteiger partial charge in [-0.25, -0.2) is 4.39 Å². The number of hydrogen-bond acceptors (Lipinski definition) is 1. The maximum Gasteiger partial charge on any atom is 0.253 e. The molecule has 19 heavy (non-hydrogen) atoms. The van der Waals surface area contributed by atoms with Crippen molar-refractivity contribution in [2.75, 3.05) is 7.05 Å². The van der Waals surface area contributed by atoms with Crippen LogP contribution in [-0.2, 0) is 0 Å². The summed E-state index contributed by atoms with van der Waals surface area (Å²) in [5.41, 5.74) is 0.418. The summed E-state index contributed by atoms with van der Waals surface area (Å²) >= 11 is 3.10. The molecule has 1 aromatic rings. The van der Waals surface area contributed by atoms with Crippen LogP contribution in [0.3, 0.4) is 0 Å². The van der Waals surface area contributed by atoms with Crippen LogP contribution >= 0.6 is 15.9 Å². The largest absolute Gasteiger partial charge is 0.339 e. The molecule has 1 aromatic carbocycles. The van der Waals surface area contributed by atoms with Crippen molar-refractivity contribution in [3.05, 3.63) is 34.1 Å². The molecule has 0 unspecified atom stereocenters. The number of halogens is 2. The molecule has 0 aliphatic heterocycles. The zero-order valence-corrected chi connectivity index (χ0v) is 12.9. The molecule has 0 atom stereocenters. The minimum absolute atomic E-state index is 0.0917. The van der Waals surface area contributed by atoms with E-state index in [-0.39, 0.29) is 11.9 Å². The highest BCUT2D eigenvalue weighted by Gasteiger charge is 2.25. The van der Waals surface area contributed by atoms with Crippen molar-refractivity contribution in [1.82, 2.24) is 4.90 Å². The quantitative estimate of drug-likeness (QED) is 0.795. The van der Waals surface area contributed by atoms with Crippen LogP contribution in [0.5, 0.6) is 0 Å². The van der Waals surface area contributed by atoms with Crippen LogP contribution in [0, 0.1) is 11.7 Å². The first-order valence-corrected chi connectivity index (χ1v) is 7.50. The van der Waals surface area contributed by atoms with Gasteiger partial charge < -0.3 is 4.90 Å². The third kappa shape index (κ3) is 3.35. The molecule has 2 rings (SSSR count).